The number of carboxylic acid groups (broad SMARTS) is 1. The Bertz CT molecular complexity index is 767. The van der Waals surface area contributed by atoms with Gasteiger partial charge in [-0.15, -0.1) is 0 Å². The fourth-order valence-corrected chi connectivity index (χ4v) is 1.87. The first-order chi connectivity index (χ1) is 10.9. The van der Waals surface area contributed by atoms with Crippen molar-refractivity contribution in [3.8, 4) is 0 Å². The zero-order valence-electron chi connectivity index (χ0n) is 12.0. The van der Waals surface area contributed by atoms with Crippen molar-refractivity contribution in [1.82, 2.24) is 5.32 Å². The van der Waals surface area contributed by atoms with Crippen molar-refractivity contribution in [3.05, 3.63) is 65.1 Å². The summed E-state index contributed by atoms with van der Waals surface area (Å²) in [4.78, 5) is 23.0. The van der Waals surface area contributed by atoms with E-state index in [9.17, 15) is 18.4 Å². The van der Waals surface area contributed by atoms with Gasteiger partial charge in [0, 0.05) is 6.08 Å². The van der Waals surface area contributed by atoms with Gasteiger partial charge in [-0.1, -0.05) is 6.07 Å². The van der Waals surface area contributed by atoms with Crippen molar-refractivity contribution >= 4 is 18.0 Å². The highest BCUT2D eigenvalue weighted by atomic mass is 19.2. The summed E-state index contributed by atoms with van der Waals surface area (Å²) in [5.74, 6) is -3.31. The van der Waals surface area contributed by atoms with E-state index in [4.69, 9.17) is 9.52 Å². The summed E-state index contributed by atoms with van der Waals surface area (Å²) in [5.41, 5.74) is -0.0769. The monoisotopic (exact) mass is 321 g/mol. The Kier molecular flexibility index (Phi) is 4.90. The van der Waals surface area contributed by atoms with E-state index < -0.39 is 29.6 Å². The molecule has 2 N–H and O–H groups in total. The van der Waals surface area contributed by atoms with Gasteiger partial charge in [0.2, 0.25) is 5.91 Å². The number of carbonyl (C=O) groups excluding carboxylic acids is 1. The first-order valence-corrected chi connectivity index (χ1v) is 6.59. The van der Waals surface area contributed by atoms with E-state index in [0.717, 1.165) is 24.3 Å². The fourth-order valence-electron chi connectivity index (χ4n) is 1.87. The molecule has 0 spiro atoms. The molecule has 0 aliphatic heterocycles. The highest BCUT2D eigenvalue weighted by Crippen LogP contribution is 2.17. The van der Waals surface area contributed by atoms with E-state index in [-0.39, 0.29) is 5.56 Å². The van der Waals surface area contributed by atoms with Gasteiger partial charge >= 0.3 is 5.97 Å². The lowest BCUT2D eigenvalue weighted by Crippen LogP contribution is -2.32. The highest BCUT2D eigenvalue weighted by molar-refractivity contribution is 5.94. The number of carboxylic acids is 1. The largest absolute Gasteiger partial charge is 0.479 e. The van der Waals surface area contributed by atoms with Crippen LogP contribution in [0.3, 0.4) is 0 Å². The third-order valence-electron chi connectivity index (χ3n) is 2.97. The van der Waals surface area contributed by atoms with Crippen LogP contribution >= 0.6 is 0 Å². The predicted octanol–water partition coefficient (Wildman–Crippen LogP) is 2.82. The topological polar surface area (TPSA) is 79.5 Å². The van der Waals surface area contributed by atoms with Crippen molar-refractivity contribution in [2.24, 2.45) is 0 Å². The zero-order valence-corrected chi connectivity index (χ0v) is 12.0. The smallest absolute Gasteiger partial charge is 0.330 e. The number of amides is 1. The number of rotatable bonds is 5. The van der Waals surface area contributed by atoms with Crippen molar-refractivity contribution in [2.45, 2.75) is 13.0 Å². The van der Waals surface area contributed by atoms with E-state index in [1.54, 1.807) is 19.1 Å². The number of benzene rings is 1. The molecule has 0 bridgehead atoms. The van der Waals surface area contributed by atoms with Gasteiger partial charge in [0.1, 0.15) is 11.5 Å². The minimum atomic E-state index is -1.50. The molecular weight excluding hydrogens is 308 g/mol. The van der Waals surface area contributed by atoms with Gasteiger partial charge in [-0.25, -0.2) is 13.6 Å². The van der Waals surface area contributed by atoms with E-state index in [2.05, 4.69) is 5.32 Å². The molecule has 0 radical (unpaired) electrons. The molecule has 1 unspecified atom stereocenters. The summed E-state index contributed by atoms with van der Waals surface area (Å²) in [6.07, 6.45) is 2.46. The second-order valence-electron chi connectivity index (χ2n) is 4.74. The van der Waals surface area contributed by atoms with Gasteiger partial charge in [-0.05, 0) is 42.8 Å². The number of aliphatic carboxylic acids is 1. The fraction of sp³-hybridized carbons (Fsp3) is 0.125. The van der Waals surface area contributed by atoms with Crippen LogP contribution in [0, 0.1) is 18.6 Å². The highest BCUT2D eigenvalue weighted by Gasteiger charge is 2.22. The van der Waals surface area contributed by atoms with Crippen LogP contribution in [0.4, 0.5) is 8.78 Å². The Morgan fingerprint density at radius 1 is 1.22 bits per heavy atom. The maximum Gasteiger partial charge on any atom is 0.330 e. The maximum absolute atomic E-state index is 13.2. The van der Waals surface area contributed by atoms with E-state index in [0.29, 0.717) is 11.5 Å². The second kappa shape index (κ2) is 6.87. The lowest BCUT2D eigenvalue weighted by molar-refractivity contribution is -0.141. The summed E-state index contributed by atoms with van der Waals surface area (Å²) in [6, 6.07) is 4.47. The van der Waals surface area contributed by atoms with Gasteiger partial charge in [0.25, 0.3) is 0 Å². The number of furan rings is 1. The Morgan fingerprint density at radius 2 is 1.96 bits per heavy atom. The van der Waals surface area contributed by atoms with Crippen LogP contribution in [0.1, 0.15) is 23.1 Å². The van der Waals surface area contributed by atoms with Gasteiger partial charge in [0.15, 0.2) is 17.7 Å². The molecular formula is C16H13F2NO4. The average molecular weight is 321 g/mol. The Balaban J connectivity index is 2.12. The quantitative estimate of drug-likeness (QED) is 0.830. The SMILES string of the molecule is Cc1ccc(C=CC(=O)NC(C(=O)O)c2ccc(F)c(F)c2)o1. The van der Waals surface area contributed by atoms with Crippen LogP contribution in [-0.2, 0) is 9.59 Å². The summed E-state index contributed by atoms with van der Waals surface area (Å²) in [7, 11) is 0. The Labute approximate surface area is 130 Å². The summed E-state index contributed by atoms with van der Waals surface area (Å²) < 4.78 is 31.3. The summed E-state index contributed by atoms with van der Waals surface area (Å²) in [6.45, 7) is 1.74. The van der Waals surface area contributed by atoms with E-state index >= 15 is 0 Å². The minimum absolute atomic E-state index is 0.0769. The summed E-state index contributed by atoms with van der Waals surface area (Å²) >= 11 is 0. The van der Waals surface area contributed by atoms with Crippen LogP contribution in [0.2, 0.25) is 0 Å². The van der Waals surface area contributed by atoms with Crippen LogP contribution in [0.25, 0.3) is 6.08 Å². The molecule has 1 aromatic carbocycles. The average Bonchev–Trinajstić information content (AvgIpc) is 2.91. The Hall–Kier alpha value is -2.96. The molecule has 5 nitrogen and oxygen atoms in total. The number of halogens is 2. The molecule has 0 fully saturated rings. The molecule has 0 saturated heterocycles. The lowest BCUT2D eigenvalue weighted by Gasteiger charge is -2.13. The molecule has 1 amide bonds. The first-order valence-electron chi connectivity index (χ1n) is 6.59. The van der Waals surface area contributed by atoms with Crippen LogP contribution in [-0.4, -0.2) is 17.0 Å². The number of nitrogens with one attached hydrogen (secondary N) is 1. The molecule has 0 aliphatic rings. The number of carbonyl (C=O) groups is 2. The molecule has 23 heavy (non-hydrogen) atoms. The van der Waals surface area contributed by atoms with Gasteiger partial charge in [-0.3, -0.25) is 4.79 Å². The molecule has 120 valence electrons. The predicted molar refractivity (Wildman–Crippen MR) is 77.4 cm³/mol. The maximum atomic E-state index is 13.2. The van der Waals surface area contributed by atoms with E-state index in [1.165, 1.54) is 6.08 Å². The van der Waals surface area contributed by atoms with Gasteiger partial charge in [0.05, 0.1) is 0 Å². The normalized spacial score (nSPS) is 12.3. The van der Waals surface area contributed by atoms with Crippen molar-refractivity contribution in [1.29, 1.82) is 0 Å². The minimum Gasteiger partial charge on any atom is -0.479 e. The van der Waals surface area contributed by atoms with Gasteiger partial charge in [-0.2, -0.15) is 0 Å². The second-order valence-corrected chi connectivity index (χ2v) is 4.74. The number of hydrogen-bond donors (Lipinski definition) is 2. The van der Waals surface area contributed by atoms with Crippen LogP contribution in [0.5, 0.6) is 0 Å². The molecule has 1 aromatic heterocycles. The first kappa shape index (κ1) is 16.4. The standard InChI is InChI=1S/C16H13F2NO4/c1-9-2-4-11(23-9)5-7-14(20)19-15(16(21)22)10-3-6-12(17)13(18)8-10/h2-8,15H,1H3,(H,19,20)(H,21,22). The third kappa shape index (κ3) is 4.26. The molecule has 0 saturated carbocycles. The van der Waals surface area contributed by atoms with Crippen molar-refractivity contribution in [2.75, 3.05) is 0 Å². The molecule has 0 aliphatic carbocycles. The molecule has 2 aromatic rings. The summed E-state index contributed by atoms with van der Waals surface area (Å²) in [5, 5.41) is 11.4. The zero-order chi connectivity index (χ0) is 17.0. The third-order valence-corrected chi connectivity index (χ3v) is 2.97. The van der Waals surface area contributed by atoms with Gasteiger partial charge < -0.3 is 14.8 Å². The molecule has 7 heteroatoms. The van der Waals surface area contributed by atoms with Crippen LogP contribution in [0.15, 0.2) is 40.8 Å². The number of hydrogen-bond acceptors (Lipinski definition) is 3. The molecule has 1 heterocycles. The Morgan fingerprint density at radius 3 is 2.52 bits per heavy atom. The number of aryl methyl sites for hydroxylation is 1. The lowest BCUT2D eigenvalue weighted by atomic mass is 10.1. The van der Waals surface area contributed by atoms with Crippen molar-refractivity contribution < 1.29 is 27.9 Å². The molecule has 1 atom stereocenters. The van der Waals surface area contributed by atoms with Crippen LogP contribution < -0.4 is 5.32 Å². The van der Waals surface area contributed by atoms with Crippen molar-refractivity contribution in [3.63, 3.8) is 0 Å². The van der Waals surface area contributed by atoms with E-state index in [1.807, 2.05) is 0 Å². The molecule has 2 rings (SSSR count).